The monoisotopic (exact) mass is 550 g/mol. The molecule has 0 saturated heterocycles. The highest BCUT2D eigenvalue weighted by molar-refractivity contribution is 6.30. The lowest BCUT2D eigenvalue weighted by atomic mass is 10.0. The number of hydrogen-bond donors (Lipinski definition) is 2. The lowest BCUT2D eigenvalue weighted by Gasteiger charge is -2.14. The van der Waals surface area contributed by atoms with Crippen LogP contribution in [0.3, 0.4) is 0 Å². The van der Waals surface area contributed by atoms with E-state index in [1.54, 1.807) is 54.6 Å². The number of nitrogens with zero attached hydrogens (tertiary/aromatic N) is 1. The van der Waals surface area contributed by atoms with Crippen LogP contribution in [-0.2, 0) is 17.8 Å². The first kappa shape index (κ1) is 26.5. The summed E-state index contributed by atoms with van der Waals surface area (Å²) in [7, 11) is 0. The Morgan fingerprint density at radius 2 is 1.57 bits per heavy atom. The molecule has 8 heteroatoms. The predicted molar refractivity (Wildman–Crippen MR) is 151 cm³/mol. The van der Waals surface area contributed by atoms with Crippen molar-refractivity contribution in [2.24, 2.45) is 0 Å². The van der Waals surface area contributed by atoms with Gasteiger partial charge in [0, 0.05) is 16.8 Å². The van der Waals surface area contributed by atoms with Gasteiger partial charge in [-0.3, -0.25) is 4.79 Å². The summed E-state index contributed by atoms with van der Waals surface area (Å²) in [6, 6.07) is 29.6. The summed E-state index contributed by atoms with van der Waals surface area (Å²) in [5.74, 6) is -1.13. The zero-order valence-corrected chi connectivity index (χ0v) is 21.9. The summed E-state index contributed by atoms with van der Waals surface area (Å²) in [5, 5.41) is 22.6. The van der Waals surface area contributed by atoms with E-state index in [-0.39, 0.29) is 12.2 Å². The number of hydrogen-bond acceptors (Lipinski definition) is 5. The van der Waals surface area contributed by atoms with Crippen molar-refractivity contribution < 1.29 is 23.8 Å². The largest absolute Gasteiger partial charge is 0.489 e. The number of furan rings is 1. The van der Waals surface area contributed by atoms with Gasteiger partial charge in [-0.05, 0) is 70.8 Å². The number of rotatable bonds is 9. The van der Waals surface area contributed by atoms with Gasteiger partial charge in [0.05, 0.1) is 11.6 Å². The molecule has 1 atom stereocenters. The number of halogens is 1. The molecular formula is C32H23ClN2O5. The molecule has 1 aromatic heterocycles. The second-order valence-electron chi connectivity index (χ2n) is 9.18. The molecule has 0 radical (unpaired) electrons. The second-order valence-corrected chi connectivity index (χ2v) is 9.62. The number of nitrogens with one attached hydrogen (secondary N) is 1. The summed E-state index contributed by atoms with van der Waals surface area (Å²) < 4.78 is 11.6. The van der Waals surface area contributed by atoms with Crippen molar-refractivity contribution in [2.45, 2.75) is 19.1 Å². The van der Waals surface area contributed by atoms with Gasteiger partial charge in [-0.15, -0.1) is 0 Å². The number of ether oxygens (including phenoxy) is 1. The molecule has 0 aliphatic heterocycles. The van der Waals surface area contributed by atoms with Crippen LogP contribution in [-0.4, -0.2) is 23.0 Å². The van der Waals surface area contributed by atoms with Crippen LogP contribution in [0.5, 0.6) is 5.75 Å². The molecule has 0 aliphatic carbocycles. The number of carboxylic acids is 1. The zero-order valence-electron chi connectivity index (χ0n) is 21.1. The van der Waals surface area contributed by atoms with E-state index >= 15 is 0 Å². The summed E-state index contributed by atoms with van der Waals surface area (Å²) in [4.78, 5) is 24.8. The molecule has 5 aromatic rings. The van der Waals surface area contributed by atoms with Gasteiger partial charge in [0.1, 0.15) is 24.0 Å². The van der Waals surface area contributed by atoms with Crippen LogP contribution in [0.4, 0.5) is 0 Å². The Kier molecular flexibility index (Phi) is 7.81. The average molecular weight is 551 g/mol. The zero-order chi connectivity index (χ0) is 28.1. The number of carboxylic acid groups (broad SMARTS) is 1. The second kappa shape index (κ2) is 11.8. The fourth-order valence-electron chi connectivity index (χ4n) is 4.19. The van der Waals surface area contributed by atoms with E-state index in [0.717, 1.165) is 27.6 Å². The number of carbonyl (C=O) groups excluding carboxylic acids is 1. The van der Waals surface area contributed by atoms with Crippen LogP contribution in [0.25, 0.3) is 22.1 Å². The number of carbonyl (C=O) groups is 2. The third-order valence-corrected chi connectivity index (χ3v) is 6.63. The maximum Gasteiger partial charge on any atom is 0.326 e. The highest BCUT2D eigenvalue weighted by Gasteiger charge is 2.23. The first-order chi connectivity index (χ1) is 19.4. The van der Waals surface area contributed by atoms with Gasteiger partial charge in [0.15, 0.2) is 5.76 Å². The van der Waals surface area contributed by atoms with Crippen molar-refractivity contribution in [3.05, 3.63) is 125 Å². The van der Waals surface area contributed by atoms with Gasteiger partial charge in [0.25, 0.3) is 5.91 Å². The van der Waals surface area contributed by atoms with Crippen LogP contribution >= 0.6 is 11.6 Å². The molecule has 7 nitrogen and oxygen atoms in total. The first-order valence-corrected chi connectivity index (χ1v) is 12.8. The molecule has 40 heavy (non-hydrogen) atoms. The summed E-state index contributed by atoms with van der Waals surface area (Å²) in [6.45, 7) is 0.331. The van der Waals surface area contributed by atoms with E-state index in [1.807, 2.05) is 42.5 Å². The van der Waals surface area contributed by atoms with Gasteiger partial charge in [-0.2, -0.15) is 5.26 Å². The number of amides is 1. The van der Waals surface area contributed by atoms with Crippen LogP contribution < -0.4 is 10.1 Å². The topological polar surface area (TPSA) is 113 Å². The summed E-state index contributed by atoms with van der Waals surface area (Å²) in [6.07, 6.45) is 0.0813. The molecular weight excluding hydrogens is 528 g/mol. The van der Waals surface area contributed by atoms with Crippen LogP contribution in [0.15, 0.2) is 101 Å². The van der Waals surface area contributed by atoms with Crippen molar-refractivity contribution in [2.75, 3.05) is 0 Å². The van der Waals surface area contributed by atoms with Gasteiger partial charge < -0.3 is 19.6 Å². The Labute approximate surface area is 235 Å². The van der Waals surface area contributed by atoms with Gasteiger partial charge in [-0.25, -0.2) is 4.79 Å². The number of nitriles is 1. The van der Waals surface area contributed by atoms with Gasteiger partial charge in [-0.1, -0.05) is 60.1 Å². The minimum Gasteiger partial charge on any atom is -0.489 e. The van der Waals surface area contributed by atoms with Crippen molar-refractivity contribution in [1.82, 2.24) is 5.32 Å². The fraction of sp³-hybridized carbons (Fsp3) is 0.0938. The number of fused-ring (bicyclic) bond motifs is 1. The van der Waals surface area contributed by atoms with E-state index in [0.29, 0.717) is 28.5 Å². The molecule has 0 fully saturated rings. The Morgan fingerprint density at radius 1 is 0.900 bits per heavy atom. The highest BCUT2D eigenvalue weighted by Crippen LogP contribution is 2.28. The first-order valence-electron chi connectivity index (χ1n) is 12.4. The van der Waals surface area contributed by atoms with Crippen LogP contribution in [0.2, 0.25) is 5.02 Å². The van der Waals surface area contributed by atoms with Crippen molar-refractivity contribution >= 4 is 34.4 Å². The third-order valence-electron chi connectivity index (χ3n) is 6.38. The molecule has 0 aliphatic rings. The minimum absolute atomic E-state index is 0.0288. The highest BCUT2D eigenvalue weighted by atomic mass is 35.5. The van der Waals surface area contributed by atoms with Crippen molar-refractivity contribution in [3.8, 4) is 22.9 Å². The molecule has 0 bridgehead atoms. The van der Waals surface area contributed by atoms with E-state index < -0.39 is 17.9 Å². The lowest BCUT2D eigenvalue weighted by molar-refractivity contribution is -0.139. The van der Waals surface area contributed by atoms with E-state index in [2.05, 4.69) is 11.4 Å². The van der Waals surface area contributed by atoms with E-state index in [9.17, 15) is 14.7 Å². The van der Waals surface area contributed by atoms with E-state index in [1.165, 1.54) is 0 Å². The predicted octanol–water partition coefficient (Wildman–Crippen LogP) is 6.63. The molecule has 5 rings (SSSR count). The molecule has 1 amide bonds. The number of benzene rings is 4. The standard InChI is InChI=1S/C32H23ClN2O5/c33-26-11-9-23(10-12-26)24-7-8-25-17-30(40-29(25)16-24)31(36)35-28(32(37)38)15-20-5-13-27(14-6-20)39-19-22-3-1-21(18-34)2-4-22/h1-14,16-17,28H,15,19H2,(H,35,36)(H,37,38). The van der Waals surface area contributed by atoms with Gasteiger partial charge in [0.2, 0.25) is 0 Å². The smallest absolute Gasteiger partial charge is 0.326 e. The van der Waals surface area contributed by atoms with Crippen molar-refractivity contribution in [3.63, 3.8) is 0 Å². The maximum absolute atomic E-state index is 12.9. The SMILES string of the molecule is N#Cc1ccc(COc2ccc(CC(NC(=O)c3cc4ccc(-c5ccc(Cl)cc5)cc4o3)C(=O)O)cc2)cc1. The van der Waals surface area contributed by atoms with Crippen molar-refractivity contribution in [1.29, 1.82) is 5.26 Å². The summed E-state index contributed by atoms with van der Waals surface area (Å²) >= 11 is 5.98. The average Bonchev–Trinajstić information content (AvgIpc) is 3.41. The molecule has 0 spiro atoms. The molecule has 198 valence electrons. The molecule has 4 aromatic carbocycles. The molecule has 2 N–H and O–H groups in total. The van der Waals surface area contributed by atoms with E-state index in [4.69, 9.17) is 26.0 Å². The molecule has 0 saturated carbocycles. The lowest BCUT2D eigenvalue weighted by Crippen LogP contribution is -2.42. The normalized spacial score (nSPS) is 11.5. The Morgan fingerprint density at radius 3 is 2.25 bits per heavy atom. The quantitative estimate of drug-likeness (QED) is 0.213. The molecule has 1 heterocycles. The van der Waals surface area contributed by atoms with Crippen LogP contribution in [0.1, 0.15) is 27.2 Å². The molecule has 1 unspecified atom stereocenters. The summed E-state index contributed by atoms with van der Waals surface area (Å²) in [5.41, 5.74) is 4.58. The van der Waals surface area contributed by atoms with Crippen LogP contribution in [0, 0.1) is 11.3 Å². The third kappa shape index (κ3) is 6.32. The minimum atomic E-state index is -1.16. The fourth-order valence-corrected chi connectivity index (χ4v) is 4.32. The maximum atomic E-state index is 12.9. The number of aliphatic carboxylic acids is 1. The Bertz CT molecular complexity index is 1700. The van der Waals surface area contributed by atoms with Gasteiger partial charge >= 0.3 is 5.97 Å². The Hall–Kier alpha value is -5.06. The Balaban J connectivity index is 1.22.